The lowest BCUT2D eigenvalue weighted by atomic mass is 10.0. The second kappa shape index (κ2) is 17.2. The topological polar surface area (TPSA) is 182 Å². The molecule has 0 bridgehead atoms. The Morgan fingerprint density at radius 2 is 1.77 bits per heavy atom. The molecule has 2 atom stereocenters. The molecule has 2 unspecified atom stereocenters. The number of benzene rings is 2. The zero-order chi connectivity index (χ0) is 34.7. The molecular weight excluding hydrogens is 682 g/mol. The zero-order valence-electron chi connectivity index (χ0n) is 25.6. The Balaban J connectivity index is 1.78. The fourth-order valence-corrected chi connectivity index (χ4v) is 6.50. The van der Waals surface area contributed by atoms with Crippen molar-refractivity contribution >= 4 is 65.6 Å². The first-order chi connectivity index (χ1) is 22.1. The fraction of sp³-hybridized carbons (Fsp3) is 0.367. The molecule has 0 aromatic heterocycles. The van der Waals surface area contributed by atoms with Gasteiger partial charge in [-0.1, -0.05) is 18.2 Å². The summed E-state index contributed by atoms with van der Waals surface area (Å²) in [5.41, 5.74) is 3.66. The highest BCUT2D eigenvalue weighted by molar-refractivity contribution is 8.71. The third-order valence-corrected chi connectivity index (χ3v) is 10.1. The molecule has 1 aliphatic carbocycles. The second-order valence-corrected chi connectivity index (χ2v) is 16.0. The molecule has 2 aromatic rings. The fourth-order valence-electron chi connectivity index (χ4n) is 4.42. The normalized spacial score (nSPS) is 14.7. The summed E-state index contributed by atoms with van der Waals surface area (Å²) < 4.78 is 64.3. The molecule has 0 heterocycles. The van der Waals surface area contributed by atoms with E-state index in [1.807, 2.05) is 6.08 Å². The molecule has 47 heavy (non-hydrogen) atoms. The van der Waals surface area contributed by atoms with Crippen LogP contribution < -0.4 is 0 Å². The van der Waals surface area contributed by atoms with Crippen LogP contribution in [0.2, 0.25) is 0 Å². The van der Waals surface area contributed by atoms with E-state index in [0.717, 1.165) is 11.8 Å². The number of hydrogen-bond donors (Lipinski definition) is 0. The maximum Gasteiger partial charge on any atom is 0.351 e. The molecule has 17 heteroatoms. The monoisotopic (exact) mass is 713 g/mol. The maximum atomic E-state index is 14.4. The van der Waals surface area contributed by atoms with E-state index in [1.54, 1.807) is 43.5 Å². The lowest BCUT2D eigenvalue weighted by molar-refractivity contribution is -0.757. The Kier molecular flexibility index (Phi) is 13.7. The van der Waals surface area contributed by atoms with Crippen molar-refractivity contribution in [2.75, 3.05) is 38.1 Å². The molecule has 0 aliphatic heterocycles. The van der Waals surface area contributed by atoms with Gasteiger partial charge in [0.15, 0.2) is 8.87 Å². The van der Waals surface area contributed by atoms with Gasteiger partial charge in [0.05, 0.1) is 13.0 Å². The Labute approximate surface area is 276 Å². The van der Waals surface area contributed by atoms with Crippen LogP contribution in [0.3, 0.4) is 0 Å². The first-order valence-corrected chi connectivity index (χ1v) is 18.9. The van der Waals surface area contributed by atoms with E-state index in [9.17, 15) is 41.5 Å². The van der Waals surface area contributed by atoms with Gasteiger partial charge in [-0.2, -0.15) is 0 Å². The summed E-state index contributed by atoms with van der Waals surface area (Å²) in [6.45, 7) is 0.290. The standard InChI is InChI=1S/C30H32FNO12S3/c1-19-24(15-20-6-9-22(10-7-20)46(2)38)23-11-8-21(31)16-26(23)25(19)17-29(34)44-27(30(35)41-13-14-45-47(3,39)40)18-42-28(33)5-4-12-43-32(36)37/h6-11,15-16,27H,4-5,12-14,17-18H2,1-3H3. The molecule has 254 valence electrons. The van der Waals surface area contributed by atoms with Crippen LogP contribution in [0.15, 0.2) is 52.9 Å². The van der Waals surface area contributed by atoms with Crippen LogP contribution >= 0.6 is 10.8 Å². The Morgan fingerprint density at radius 1 is 1.06 bits per heavy atom. The van der Waals surface area contributed by atoms with Crippen LogP contribution in [-0.2, 0) is 53.1 Å². The molecule has 0 amide bonds. The largest absolute Gasteiger partial charge is 0.462 e. The van der Waals surface area contributed by atoms with Gasteiger partial charge in [0.2, 0.25) is 6.10 Å². The minimum atomic E-state index is -3.41. The number of allylic oxidation sites excluding steroid dienone is 2. The Hall–Kier alpha value is -4.09. The first-order valence-electron chi connectivity index (χ1n) is 13.9. The molecule has 13 nitrogen and oxygen atoms in total. The van der Waals surface area contributed by atoms with Crippen molar-refractivity contribution in [3.63, 3.8) is 0 Å². The first kappa shape index (κ1) is 37.4. The predicted molar refractivity (Wildman–Crippen MR) is 172 cm³/mol. The zero-order valence-corrected chi connectivity index (χ0v) is 28.0. The van der Waals surface area contributed by atoms with Crippen molar-refractivity contribution in [3.8, 4) is 0 Å². The minimum absolute atomic E-state index is 0.0566. The number of carbonyl (C=O) groups is 3. The molecule has 0 saturated heterocycles. The van der Waals surface area contributed by atoms with Crippen LogP contribution in [0.1, 0.15) is 42.9 Å². The van der Waals surface area contributed by atoms with E-state index >= 15 is 0 Å². The molecule has 0 N–H and O–H groups in total. The quantitative estimate of drug-likeness (QED) is 0.0574. The minimum Gasteiger partial charge on any atom is -0.462 e. The van der Waals surface area contributed by atoms with Gasteiger partial charge in [0.25, 0.3) is 5.09 Å². The lowest BCUT2D eigenvalue weighted by Gasteiger charge is -2.17. The van der Waals surface area contributed by atoms with E-state index in [2.05, 4.69) is 4.84 Å². The number of hydrogen-bond acceptors (Lipinski definition) is 13. The van der Waals surface area contributed by atoms with Crippen LogP contribution in [0, 0.1) is 15.9 Å². The predicted octanol–water partition coefficient (Wildman–Crippen LogP) is 3.96. The van der Waals surface area contributed by atoms with E-state index in [-0.39, 0.29) is 31.8 Å². The molecule has 0 radical (unpaired) electrons. The van der Waals surface area contributed by atoms with Crippen LogP contribution in [0.5, 0.6) is 0 Å². The van der Waals surface area contributed by atoms with Gasteiger partial charge in [-0.3, -0.25) is 13.8 Å². The third-order valence-electron chi connectivity index (χ3n) is 6.58. The maximum absolute atomic E-state index is 14.4. The van der Waals surface area contributed by atoms with E-state index in [4.69, 9.17) is 14.2 Å². The summed E-state index contributed by atoms with van der Waals surface area (Å²) in [7, 11) is -4.03. The summed E-state index contributed by atoms with van der Waals surface area (Å²) in [5, 5.41) is 9.24. The van der Waals surface area contributed by atoms with Crippen molar-refractivity contribution in [1.82, 2.24) is 0 Å². The van der Waals surface area contributed by atoms with Crippen LogP contribution in [0.25, 0.3) is 17.2 Å². The molecule has 2 aromatic carbocycles. The van der Waals surface area contributed by atoms with Gasteiger partial charge in [-0.05, 0) is 87.9 Å². The molecular formula is C30H32FNO12S3. The summed E-state index contributed by atoms with van der Waals surface area (Å²) in [6.07, 6.45) is 1.92. The van der Waals surface area contributed by atoms with Gasteiger partial charge < -0.3 is 19.0 Å². The molecule has 0 fully saturated rings. The molecule has 3 rings (SSSR count). The van der Waals surface area contributed by atoms with Gasteiger partial charge in [-0.25, -0.2) is 17.6 Å². The number of carbonyl (C=O) groups excluding carboxylic acids is 3. The number of ether oxygens (including phenoxy) is 3. The van der Waals surface area contributed by atoms with E-state index in [1.165, 1.54) is 12.1 Å². The average molecular weight is 714 g/mol. The van der Waals surface area contributed by atoms with Crippen LogP contribution in [-0.4, -0.2) is 79.8 Å². The smallest absolute Gasteiger partial charge is 0.351 e. The highest BCUT2D eigenvalue weighted by Crippen LogP contribution is 2.44. The van der Waals surface area contributed by atoms with Crippen LogP contribution in [0.4, 0.5) is 4.39 Å². The summed E-state index contributed by atoms with van der Waals surface area (Å²) in [5.74, 6) is -3.53. The van der Waals surface area contributed by atoms with Gasteiger partial charge in [0, 0.05) is 40.4 Å². The van der Waals surface area contributed by atoms with Crippen molar-refractivity contribution in [2.45, 2.75) is 37.2 Å². The van der Waals surface area contributed by atoms with Gasteiger partial charge >= 0.3 is 17.9 Å². The SMILES string of the molecule is CC1=C(CC(=O)OC(COC(=O)CCCO[N+](=O)[O-])C(=O)OCCSS(C)(=O)=O)c2cc(F)ccc2C1=Cc1ccc(S(C)=O)cc1. The lowest BCUT2D eigenvalue weighted by Crippen LogP contribution is -2.35. The molecule has 1 aliphatic rings. The highest BCUT2D eigenvalue weighted by Gasteiger charge is 2.30. The molecule has 0 spiro atoms. The third kappa shape index (κ3) is 11.9. The van der Waals surface area contributed by atoms with Crippen molar-refractivity contribution in [1.29, 1.82) is 0 Å². The van der Waals surface area contributed by atoms with E-state index in [0.29, 0.717) is 43.5 Å². The Morgan fingerprint density at radius 3 is 2.40 bits per heavy atom. The summed E-state index contributed by atoms with van der Waals surface area (Å²) in [6, 6.07) is 11.2. The van der Waals surface area contributed by atoms with Gasteiger partial charge in [0.1, 0.15) is 19.0 Å². The summed E-state index contributed by atoms with van der Waals surface area (Å²) >= 11 is 0. The number of esters is 3. The van der Waals surface area contributed by atoms with Crippen molar-refractivity contribution in [2.24, 2.45) is 0 Å². The second-order valence-electron chi connectivity index (χ2n) is 10.1. The highest BCUT2D eigenvalue weighted by atomic mass is 33.1. The number of nitrogens with zero attached hydrogens (tertiary/aromatic N) is 1. The number of fused-ring (bicyclic) bond motifs is 1. The van der Waals surface area contributed by atoms with E-state index < -0.39 is 67.6 Å². The van der Waals surface area contributed by atoms with Crippen molar-refractivity contribution in [3.05, 3.63) is 80.7 Å². The Bertz CT molecular complexity index is 1700. The van der Waals surface area contributed by atoms with Gasteiger partial charge in [-0.15, -0.1) is 10.1 Å². The molecule has 0 saturated carbocycles. The number of halogens is 1. The average Bonchev–Trinajstić information content (AvgIpc) is 3.24. The number of rotatable bonds is 17. The summed E-state index contributed by atoms with van der Waals surface area (Å²) in [4.78, 5) is 53.1. The van der Waals surface area contributed by atoms with Crippen molar-refractivity contribution < 1.29 is 55.5 Å².